The molecule has 2 aromatic carbocycles. The minimum absolute atomic E-state index is 0. The summed E-state index contributed by atoms with van der Waals surface area (Å²) < 4.78 is 2.10. The lowest BCUT2D eigenvalue weighted by Crippen LogP contribution is -2.49. The van der Waals surface area contributed by atoms with Crippen molar-refractivity contribution in [2.45, 2.75) is 25.4 Å². The Morgan fingerprint density at radius 3 is 2.50 bits per heavy atom. The van der Waals surface area contributed by atoms with Gasteiger partial charge in [0.2, 0.25) is 5.91 Å². The number of carbonyl (C=O) groups is 1. The third kappa shape index (κ3) is 4.75. The summed E-state index contributed by atoms with van der Waals surface area (Å²) in [6, 6.07) is 17.4. The molecule has 1 atom stereocenters. The van der Waals surface area contributed by atoms with Crippen molar-refractivity contribution in [2.75, 3.05) is 6.54 Å². The standard InChI is InChI=1S/C19H22N4O.2ClH/c1-19(20,15-8-3-2-4-9-15)18(24)21-12-7-13-23-14-22-16-10-5-6-11-17(16)23;;/h2-6,8-11,14H,7,12-13,20H2,1H3,(H,21,24);2*1H. The summed E-state index contributed by atoms with van der Waals surface area (Å²) in [5, 5.41) is 2.93. The number of rotatable bonds is 6. The molecule has 0 spiro atoms. The van der Waals surface area contributed by atoms with Crippen LogP contribution in [0.4, 0.5) is 0 Å². The molecule has 0 radical (unpaired) electrons. The van der Waals surface area contributed by atoms with Crippen LogP contribution in [0.3, 0.4) is 0 Å². The zero-order valence-electron chi connectivity index (χ0n) is 14.6. The maximum Gasteiger partial charge on any atom is 0.244 e. The zero-order chi connectivity index (χ0) is 17.0. The van der Waals surface area contributed by atoms with Crippen LogP contribution < -0.4 is 11.1 Å². The zero-order valence-corrected chi connectivity index (χ0v) is 16.2. The Bertz CT molecular complexity index is 834. The monoisotopic (exact) mass is 394 g/mol. The van der Waals surface area contributed by atoms with E-state index in [1.54, 1.807) is 6.92 Å². The molecule has 0 aliphatic heterocycles. The van der Waals surface area contributed by atoms with Crippen molar-refractivity contribution in [1.29, 1.82) is 0 Å². The van der Waals surface area contributed by atoms with Crippen LogP contribution in [0.5, 0.6) is 0 Å². The predicted molar refractivity (Wildman–Crippen MR) is 110 cm³/mol. The van der Waals surface area contributed by atoms with Gasteiger partial charge in [0.1, 0.15) is 5.54 Å². The first-order valence-electron chi connectivity index (χ1n) is 8.11. The molecule has 0 aliphatic rings. The summed E-state index contributed by atoms with van der Waals surface area (Å²) in [5.74, 6) is -0.163. The molecule has 0 aliphatic carbocycles. The van der Waals surface area contributed by atoms with E-state index in [4.69, 9.17) is 5.73 Å². The van der Waals surface area contributed by atoms with Crippen LogP contribution in [0.15, 0.2) is 60.9 Å². The molecule has 3 rings (SSSR count). The fourth-order valence-electron chi connectivity index (χ4n) is 2.74. The minimum Gasteiger partial charge on any atom is -0.354 e. The molecule has 7 heteroatoms. The van der Waals surface area contributed by atoms with Gasteiger partial charge in [0.15, 0.2) is 0 Å². The van der Waals surface area contributed by atoms with E-state index in [-0.39, 0.29) is 30.7 Å². The average molecular weight is 395 g/mol. The second-order valence-corrected chi connectivity index (χ2v) is 6.10. The van der Waals surface area contributed by atoms with Crippen LogP contribution in [-0.2, 0) is 16.9 Å². The SMILES string of the molecule is CC(N)(C(=O)NCCCn1cnc2ccccc21)c1ccccc1.Cl.Cl. The number of carbonyl (C=O) groups excluding carboxylic acids is 1. The predicted octanol–water partition coefficient (Wildman–Crippen LogP) is 3.26. The number of fused-ring (bicyclic) bond motifs is 1. The van der Waals surface area contributed by atoms with Gasteiger partial charge in [-0.2, -0.15) is 0 Å². The second kappa shape index (κ2) is 9.57. The molecular weight excluding hydrogens is 371 g/mol. The van der Waals surface area contributed by atoms with Crippen LogP contribution >= 0.6 is 24.8 Å². The minimum atomic E-state index is -1.02. The Morgan fingerprint density at radius 1 is 1.12 bits per heavy atom. The van der Waals surface area contributed by atoms with E-state index in [0.29, 0.717) is 6.54 Å². The van der Waals surface area contributed by atoms with Gasteiger partial charge in [-0.1, -0.05) is 42.5 Å². The number of aromatic nitrogens is 2. The number of nitrogens with two attached hydrogens (primary N) is 1. The van der Waals surface area contributed by atoms with Crippen LogP contribution in [0.1, 0.15) is 18.9 Å². The number of benzene rings is 2. The fraction of sp³-hybridized carbons (Fsp3) is 0.263. The van der Waals surface area contributed by atoms with Gasteiger partial charge in [-0.05, 0) is 31.0 Å². The first-order chi connectivity index (χ1) is 11.6. The van der Waals surface area contributed by atoms with Gasteiger partial charge in [0, 0.05) is 13.1 Å². The average Bonchev–Trinajstić information content (AvgIpc) is 3.02. The second-order valence-electron chi connectivity index (χ2n) is 6.10. The van der Waals surface area contributed by atoms with E-state index in [1.165, 1.54) is 0 Å². The fourth-order valence-corrected chi connectivity index (χ4v) is 2.74. The highest BCUT2D eigenvalue weighted by molar-refractivity contribution is 5.87. The van der Waals surface area contributed by atoms with Crippen LogP contribution in [0, 0.1) is 0 Å². The molecule has 26 heavy (non-hydrogen) atoms. The molecule has 5 nitrogen and oxygen atoms in total. The molecular formula is C19H24Cl2N4O. The number of hydrogen-bond donors (Lipinski definition) is 2. The van der Waals surface area contributed by atoms with E-state index in [1.807, 2.05) is 60.9 Å². The van der Waals surface area contributed by atoms with E-state index >= 15 is 0 Å². The largest absolute Gasteiger partial charge is 0.354 e. The molecule has 3 aromatic rings. The summed E-state index contributed by atoms with van der Waals surface area (Å²) in [4.78, 5) is 16.8. The third-order valence-corrected chi connectivity index (χ3v) is 4.23. The number of hydrogen-bond acceptors (Lipinski definition) is 3. The number of imidazole rings is 1. The summed E-state index contributed by atoms with van der Waals surface area (Å²) >= 11 is 0. The number of nitrogens with one attached hydrogen (secondary N) is 1. The summed E-state index contributed by atoms with van der Waals surface area (Å²) in [6.07, 6.45) is 2.65. The quantitative estimate of drug-likeness (QED) is 0.630. The van der Waals surface area contributed by atoms with E-state index in [9.17, 15) is 4.79 Å². The third-order valence-electron chi connectivity index (χ3n) is 4.23. The van der Waals surface area contributed by atoms with Crippen molar-refractivity contribution >= 4 is 41.8 Å². The van der Waals surface area contributed by atoms with Gasteiger partial charge in [0.25, 0.3) is 0 Å². The molecule has 0 saturated carbocycles. The Morgan fingerprint density at radius 2 is 1.77 bits per heavy atom. The Kier molecular flexibility index (Phi) is 8.08. The normalized spacial score (nSPS) is 12.5. The van der Waals surface area contributed by atoms with E-state index < -0.39 is 5.54 Å². The Balaban J connectivity index is 0.00000169. The first-order valence-corrected chi connectivity index (χ1v) is 8.11. The van der Waals surface area contributed by atoms with E-state index in [0.717, 1.165) is 29.6 Å². The number of halogens is 2. The lowest BCUT2D eigenvalue weighted by molar-refractivity contribution is -0.126. The van der Waals surface area contributed by atoms with Gasteiger partial charge >= 0.3 is 0 Å². The first kappa shape index (κ1) is 22.0. The summed E-state index contributed by atoms with van der Waals surface area (Å²) in [6.45, 7) is 3.11. The van der Waals surface area contributed by atoms with Crippen LogP contribution in [0.25, 0.3) is 11.0 Å². The van der Waals surface area contributed by atoms with Crippen LogP contribution in [0.2, 0.25) is 0 Å². The van der Waals surface area contributed by atoms with Crippen LogP contribution in [-0.4, -0.2) is 22.0 Å². The van der Waals surface area contributed by atoms with Gasteiger partial charge in [-0.15, -0.1) is 24.8 Å². The Labute approximate surface area is 165 Å². The van der Waals surface area contributed by atoms with E-state index in [2.05, 4.69) is 14.9 Å². The van der Waals surface area contributed by atoms with Crippen molar-refractivity contribution in [2.24, 2.45) is 5.73 Å². The van der Waals surface area contributed by atoms with Crippen molar-refractivity contribution < 1.29 is 4.79 Å². The summed E-state index contributed by atoms with van der Waals surface area (Å²) in [5.41, 5.74) is 8.08. The molecule has 1 amide bonds. The number of nitrogens with zero attached hydrogens (tertiary/aromatic N) is 2. The molecule has 0 bridgehead atoms. The smallest absolute Gasteiger partial charge is 0.244 e. The molecule has 3 N–H and O–H groups in total. The van der Waals surface area contributed by atoms with Crippen molar-refractivity contribution in [3.05, 3.63) is 66.5 Å². The molecule has 1 heterocycles. The molecule has 0 fully saturated rings. The van der Waals surface area contributed by atoms with Gasteiger partial charge in [-0.3, -0.25) is 4.79 Å². The summed E-state index contributed by atoms with van der Waals surface area (Å²) in [7, 11) is 0. The van der Waals surface area contributed by atoms with Gasteiger partial charge in [-0.25, -0.2) is 4.98 Å². The van der Waals surface area contributed by atoms with Crippen molar-refractivity contribution in [3.63, 3.8) is 0 Å². The molecule has 1 aromatic heterocycles. The number of aryl methyl sites for hydroxylation is 1. The number of para-hydroxylation sites is 2. The van der Waals surface area contributed by atoms with Gasteiger partial charge < -0.3 is 15.6 Å². The van der Waals surface area contributed by atoms with Crippen molar-refractivity contribution in [1.82, 2.24) is 14.9 Å². The molecule has 140 valence electrons. The maximum absolute atomic E-state index is 12.4. The molecule has 0 saturated heterocycles. The van der Waals surface area contributed by atoms with Crippen molar-refractivity contribution in [3.8, 4) is 0 Å². The highest BCUT2D eigenvalue weighted by atomic mass is 35.5. The molecule has 1 unspecified atom stereocenters. The lowest BCUT2D eigenvalue weighted by atomic mass is 9.92. The highest BCUT2D eigenvalue weighted by Crippen LogP contribution is 2.17. The lowest BCUT2D eigenvalue weighted by Gasteiger charge is -2.24. The van der Waals surface area contributed by atoms with Gasteiger partial charge in [0.05, 0.1) is 17.4 Å². The Hall–Kier alpha value is -2.08. The maximum atomic E-state index is 12.4. The highest BCUT2D eigenvalue weighted by Gasteiger charge is 2.29. The number of amides is 1. The topological polar surface area (TPSA) is 72.9 Å².